The van der Waals surface area contributed by atoms with E-state index in [1.807, 2.05) is 0 Å². The van der Waals surface area contributed by atoms with Gasteiger partial charge in [-0.05, 0) is 11.6 Å². The van der Waals surface area contributed by atoms with Gasteiger partial charge >= 0.3 is 0 Å². The minimum absolute atomic E-state index is 0.0255. The summed E-state index contributed by atoms with van der Waals surface area (Å²) in [5.74, 6) is -0.279. The van der Waals surface area contributed by atoms with Crippen molar-refractivity contribution < 1.29 is 9.53 Å². The number of anilines is 3. The number of nitrogens with zero attached hydrogens (tertiary/aromatic N) is 2. The molecule has 0 aliphatic heterocycles. The summed E-state index contributed by atoms with van der Waals surface area (Å²) in [4.78, 5) is 26.2. The van der Waals surface area contributed by atoms with Gasteiger partial charge in [0.15, 0.2) is 0 Å². The van der Waals surface area contributed by atoms with Crippen LogP contribution in [-0.2, 0) is 17.9 Å². The van der Waals surface area contributed by atoms with Gasteiger partial charge in [-0.25, -0.2) is 5.43 Å². The van der Waals surface area contributed by atoms with Crippen LogP contribution in [-0.4, -0.2) is 30.4 Å². The highest BCUT2D eigenvalue weighted by Crippen LogP contribution is 2.30. The Bertz CT molecular complexity index is 1300. The highest BCUT2D eigenvalue weighted by atomic mass is 35.5. The molecule has 9 N–H and O–H groups in total. The Labute approximate surface area is 206 Å². The van der Waals surface area contributed by atoms with Crippen LogP contribution in [0.25, 0.3) is 0 Å². The second-order valence-electron chi connectivity index (χ2n) is 7.64. The first kappa shape index (κ1) is 25.4. The van der Waals surface area contributed by atoms with E-state index in [1.165, 1.54) is 23.2 Å². The molecule has 35 heavy (non-hydrogen) atoms. The number of rotatable bonds is 9. The molecule has 0 atom stereocenters. The maximum Gasteiger partial charge on any atom is 0.280 e. The third-order valence-electron chi connectivity index (χ3n) is 5.12. The number of amidine groups is 1. The number of hydrogen-bond acceptors (Lipinski definition) is 8. The van der Waals surface area contributed by atoms with Gasteiger partial charge in [0.1, 0.15) is 23.8 Å². The van der Waals surface area contributed by atoms with E-state index in [2.05, 4.69) is 10.7 Å². The fourth-order valence-electron chi connectivity index (χ4n) is 3.39. The van der Waals surface area contributed by atoms with Crippen LogP contribution in [0.4, 0.5) is 17.1 Å². The number of hydrogen-bond donors (Lipinski definition) is 6. The van der Waals surface area contributed by atoms with Crippen molar-refractivity contribution in [1.29, 1.82) is 5.41 Å². The number of halogens is 1. The molecule has 0 radical (unpaired) electrons. The predicted octanol–water partition coefficient (Wildman–Crippen LogP) is 1.63. The standard InChI is InChI=1S/C23H27ClN8O3/c1-29-31(2)21-18(24)10-20(35-16-8-14(25)7-15(26)9-16)32(23(21)34)12-19(33)30-11-13-5-3-4-6-17(13)22(27)28/h3-10,29H,11-12,25-26H2,1-2H3,(H3,27,28)(H,30,33). The first-order valence-electron chi connectivity index (χ1n) is 10.5. The number of nitrogen functional groups attached to an aromatic ring is 3. The average Bonchev–Trinajstić information content (AvgIpc) is 2.79. The van der Waals surface area contributed by atoms with Gasteiger partial charge in [-0.2, -0.15) is 0 Å². The van der Waals surface area contributed by atoms with Crippen molar-refractivity contribution in [2.75, 3.05) is 30.6 Å². The number of nitrogens with two attached hydrogens (primary N) is 3. The highest BCUT2D eigenvalue weighted by molar-refractivity contribution is 6.33. The van der Waals surface area contributed by atoms with E-state index in [0.29, 0.717) is 22.5 Å². The van der Waals surface area contributed by atoms with Gasteiger partial charge in [0.25, 0.3) is 5.56 Å². The van der Waals surface area contributed by atoms with E-state index in [0.717, 1.165) is 4.57 Å². The Hall–Kier alpha value is -4.22. The molecule has 2 aromatic carbocycles. The van der Waals surface area contributed by atoms with Crippen molar-refractivity contribution in [3.63, 3.8) is 0 Å². The molecule has 11 nitrogen and oxygen atoms in total. The van der Waals surface area contributed by atoms with Crippen LogP contribution in [0.1, 0.15) is 11.1 Å². The Morgan fingerprint density at radius 2 is 1.83 bits per heavy atom. The minimum atomic E-state index is -0.555. The maximum atomic E-state index is 13.3. The van der Waals surface area contributed by atoms with Crippen molar-refractivity contribution >= 4 is 40.4 Å². The number of carbonyl (C=O) groups is 1. The molecule has 0 fully saturated rings. The molecule has 3 rings (SSSR count). The molecule has 3 aromatic rings. The fourth-order valence-corrected chi connectivity index (χ4v) is 3.69. The van der Waals surface area contributed by atoms with Crippen LogP contribution in [0.5, 0.6) is 11.6 Å². The molecule has 1 aromatic heterocycles. The molecule has 1 heterocycles. The SMILES string of the molecule is CNN(C)c1c(Cl)cc(Oc2cc(N)cc(N)c2)n(CC(=O)NCc2ccccc2C(=N)N)c1=O. The largest absolute Gasteiger partial charge is 0.441 e. The number of aromatic nitrogens is 1. The van der Waals surface area contributed by atoms with Gasteiger partial charge in [-0.15, -0.1) is 0 Å². The van der Waals surface area contributed by atoms with Crippen LogP contribution in [0.15, 0.2) is 53.3 Å². The molecular formula is C23H27ClN8O3. The van der Waals surface area contributed by atoms with E-state index in [4.69, 9.17) is 38.9 Å². The van der Waals surface area contributed by atoms with Crippen LogP contribution in [0.2, 0.25) is 5.02 Å². The van der Waals surface area contributed by atoms with E-state index in [1.54, 1.807) is 44.4 Å². The van der Waals surface area contributed by atoms with Crippen LogP contribution in [0, 0.1) is 5.41 Å². The van der Waals surface area contributed by atoms with Crippen LogP contribution >= 0.6 is 11.6 Å². The lowest BCUT2D eigenvalue weighted by Crippen LogP contribution is -2.39. The normalized spacial score (nSPS) is 10.6. The lowest BCUT2D eigenvalue weighted by molar-refractivity contribution is -0.121. The highest BCUT2D eigenvalue weighted by Gasteiger charge is 2.20. The van der Waals surface area contributed by atoms with Crippen LogP contribution < -0.4 is 43.2 Å². The maximum absolute atomic E-state index is 13.3. The Morgan fingerprint density at radius 3 is 2.46 bits per heavy atom. The number of benzene rings is 2. The number of hydrazine groups is 1. The molecule has 0 bridgehead atoms. The van der Waals surface area contributed by atoms with Crippen LogP contribution in [0.3, 0.4) is 0 Å². The molecule has 0 spiro atoms. The van der Waals surface area contributed by atoms with Gasteiger partial charge < -0.3 is 32.3 Å². The zero-order chi connectivity index (χ0) is 25.7. The molecule has 0 saturated carbocycles. The Kier molecular flexibility index (Phi) is 7.84. The molecule has 0 aliphatic rings. The van der Waals surface area contributed by atoms with E-state index >= 15 is 0 Å². The summed E-state index contributed by atoms with van der Waals surface area (Å²) in [5.41, 5.74) is 21.6. The second kappa shape index (κ2) is 10.8. The molecule has 0 aliphatic carbocycles. The summed E-state index contributed by atoms with van der Waals surface area (Å²) in [6, 6.07) is 13.0. The van der Waals surface area contributed by atoms with Gasteiger partial charge in [0, 0.05) is 55.8 Å². The number of pyridine rings is 1. The molecule has 0 unspecified atom stereocenters. The van der Waals surface area contributed by atoms with Crippen molar-refractivity contribution in [1.82, 2.24) is 15.3 Å². The number of nitrogens with one attached hydrogen (secondary N) is 3. The summed E-state index contributed by atoms with van der Waals surface area (Å²) < 4.78 is 7.02. The smallest absolute Gasteiger partial charge is 0.280 e. The molecule has 184 valence electrons. The zero-order valence-electron chi connectivity index (χ0n) is 19.3. The van der Waals surface area contributed by atoms with Gasteiger partial charge in [-0.3, -0.25) is 19.6 Å². The summed E-state index contributed by atoms with van der Waals surface area (Å²) in [6.45, 7) is -0.252. The molecule has 12 heteroatoms. The molecule has 0 saturated heterocycles. The second-order valence-corrected chi connectivity index (χ2v) is 8.05. The van der Waals surface area contributed by atoms with E-state index < -0.39 is 11.5 Å². The summed E-state index contributed by atoms with van der Waals surface area (Å²) in [6.07, 6.45) is 0. The lowest BCUT2D eigenvalue weighted by Gasteiger charge is -2.22. The van der Waals surface area contributed by atoms with Crippen molar-refractivity contribution in [2.45, 2.75) is 13.1 Å². The van der Waals surface area contributed by atoms with Gasteiger partial charge in [-0.1, -0.05) is 35.9 Å². The number of ether oxygens (including phenoxy) is 1. The molecular weight excluding hydrogens is 472 g/mol. The quantitative estimate of drug-likeness (QED) is 0.111. The summed E-state index contributed by atoms with van der Waals surface area (Å²) in [5, 5.41) is 12.0. The van der Waals surface area contributed by atoms with Crippen molar-refractivity contribution in [3.8, 4) is 11.6 Å². The minimum Gasteiger partial charge on any atom is -0.441 e. The zero-order valence-corrected chi connectivity index (χ0v) is 20.0. The first-order chi connectivity index (χ1) is 16.6. The Morgan fingerprint density at radius 1 is 1.17 bits per heavy atom. The fraction of sp³-hybridized carbons (Fsp3) is 0.174. The van der Waals surface area contributed by atoms with Crippen molar-refractivity contribution in [2.24, 2.45) is 5.73 Å². The monoisotopic (exact) mass is 498 g/mol. The first-order valence-corrected chi connectivity index (χ1v) is 10.9. The third-order valence-corrected chi connectivity index (χ3v) is 5.41. The van der Waals surface area contributed by atoms with Gasteiger partial charge in [0.05, 0.1) is 5.02 Å². The van der Waals surface area contributed by atoms with Crippen molar-refractivity contribution in [3.05, 3.63) is 75.0 Å². The van der Waals surface area contributed by atoms with Gasteiger partial charge in [0.2, 0.25) is 11.8 Å². The Balaban J connectivity index is 1.94. The summed E-state index contributed by atoms with van der Waals surface area (Å²) >= 11 is 6.38. The van der Waals surface area contributed by atoms with E-state index in [-0.39, 0.29) is 41.3 Å². The molecule has 1 amide bonds. The lowest BCUT2D eigenvalue weighted by atomic mass is 10.1. The number of carbonyl (C=O) groups excluding carboxylic acids is 1. The predicted molar refractivity (Wildman–Crippen MR) is 138 cm³/mol. The summed E-state index contributed by atoms with van der Waals surface area (Å²) in [7, 11) is 3.24. The average molecular weight is 499 g/mol. The topological polar surface area (TPSA) is 178 Å². The van der Waals surface area contributed by atoms with E-state index in [9.17, 15) is 9.59 Å². The third kappa shape index (κ3) is 6.02. The number of amides is 1.